The minimum atomic E-state index is 0.0823. The van der Waals surface area contributed by atoms with Gasteiger partial charge in [-0.3, -0.25) is 9.78 Å². The van der Waals surface area contributed by atoms with Gasteiger partial charge in [-0.1, -0.05) is 0 Å². The van der Waals surface area contributed by atoms with Crippen molar-refractivity contribution < 1.29 is 9.53 Å². The molecule has 1 aliphatic heterocycles. The molecule has 0 atom stereocenters. The average molecular weight is 282 g/mol. The lowest BCUT2D eigenvalue weighted by Gasteiger charge is -2.31. The zero-order valence-corrected chi connectivity index (χ0v) is 12.1. The summed E-state index contributed by atoms with van der Waals surface area (Å²) in [5.74, 6) is 0.0823. The van der Waals surface area contributed by atoms with Crippen molar-refractivity contribution in [3.63, 3.8) is 0 Å². The number of benzene rings is 1. The van der Waals surface area contributed by atoms with E-state index in [0.29, 0.717) is 0 Å². The van der Waals surface area contributed by atoms with E-state index in [2.05, 4.69) is 9.88 Å². The van der Waals surface area contributed by atoms with Gasteiger partial charge in [0.25, 0.3) is 0 Å². The monoisotopic (exact) mass is 282 g/mol. The van der Waals surface area contributed by atoms with E-state index < -0.39 is 0 Å². The minimum absolute atomic E-state index is 0.0823. The second-order valence-corrected chi connectivity index (χ2v) is 5.12. The lowest BCUT2D eigenvalue weighted by Crippen LogP contribution is -2.36. The first kappa shape index (κ1) is 13.8. The highest BCUT2D eigenvalue weighted by molar-refractivity contribution is 5.97. The van der Waals surface area contributed by atoms with Crippen LogP contribution in [0.25, 0.3) is 11.1 Å². The second-order valence-electron chi connectivity index (χ2n) is 5.12. The topological polar surface area (TPSA) is 42.4 Å². The molecule has 1 fully saturated rings. The SMILES string of the molecule is CC(=O)c1ccc(N2CCOCC2)c(-c2ccncc2)c1. The van der Waals surface area contributed by atoms with E-state index in [0.717, 1.165) is 48.7 Å². The number of carbonyl (C=O) groups is 1. The molecule has 1 aliphatic rings. The minimum Gasteiger partial charge on any atom is -0.378 e. The molecule has 0 bridgehead atoms. The Labute approximate surface area is 124 Å². The number of nitrogens with zero attached hydrogens (tertiary/aromatic N) is 2. The number of ether oxygens (including phenoxy) is 1. The Morgan fingerprint density at radius 1 is 1.14 bits per heavy atom. The molecule has 1 aromatic carbocycles. The van der Waals surface area contributed by atoms with E-state index in [1.54, 1.807) is 19.3 Å². The van der Waals surface area contributed by atoms with E-state index in [1.165, 1.54) is 0 Å². The summed E-state index contributed by atoms with van der Waals surface area (Å²) in [6.07, 6.45) is 3.55. The van der Waals surface area contributed by atoms with Gasteiger partial charge in [0.05, 0.1) is 13.2 Å². The number of anilines is 1. The first-order valence-corrected chi connectivity index (χ1v) is 7.14. The maximum atomic E-state index is 11.7. The number of rotatable bonds is 3. The van der Waals surface area contributed by atoms with Crippen LogP contribution in [-0.2, 0) is 4.74 Å². The Kier molecular flexibility index (Phi) is 3.97. The Hall–Kier alpha value is -2.20. The quantitative estimate of drug-likeness (QED) is 0.812. The number of Topliss-reactive ketones (excluding diaryl/α,β-unsaturated/α-hetero) is 1. The van der Waals surface area contributed by atoms with Crippen molar-refractivity contribution in [1.29, 1.82) is 0 Å². The molecule has 0 aliphatic carbocycles. The standard InChI is InChI=1S/C17H18N2O2/c1-13(20)15-2-3-17(19-8-10-21-11-9-19)16(12-15)14-4-6-18-7-5-14/h2-7,12H,8-11H2,1H3. The molecule has 0 saturated carbocycles. The third-order valence-electron chi connectivity index (χ3n) is 3.75. The van der Waals surface area contributed by atoms with Crippen LogP contribution in [-0.4, -0.2) is 37.1 Å². The fraction of sp³-hybridized carbons (Fsp3) is 0.294. The summed E-state index contributed by atoms with van der Waals surface area (Å²) in [6.45, 7) is 4.82. The van der Waals surface area contributed by atoms with Crippen molar-refractivity contribution in [3.8, 4) is 11.1 Å². The molecule has 1 saturated heterocycles. The van der Waals surface area contributed by atoms with Crippen LogP contribution < -0.4 is 4.90 Å². The Morgan fingerprint density at radius 2 is 1.86 bits per heavy atom. The van der Waals surface area contributed by atoms with E-state index in [-0.39, 0.29) is 5.78 Å². The van der Waals surface area contributed by atoms with Crippen molar-refractivity contribution in [3.05, 3.63) is 48.3 Å². The summed E-state index contributed by atoms with van der Waals surface area (Å²) in [5, 5.41) is 0. The number of pyridine rings is 1. The van der Waals surface area contributed by atoms with Crippen molar-refractivity contribution in [2.45, 2.75) is 6.92 Å². The van der Waals surface area contributed by atoms with Gasteiger partial charge in [0.2, 0.25) is 0 Å². The number of hydrogen-bond acceptors (Lipinski definition) is 4. The molecule has 0 unspecified atom stereocenters. The molecule has 2 aromatic rings. The second kappa shape index (κ2) is 6.06. The summed E-state index contributed by atoms with van der Waals surface area (Å²) in [7, 11) is 0. The molecule has 2 heterocycles. The molecule has 0 spiro atoms. The summed E-state index contributed by atoms with van der Waals surface area (Å²) in [4.78, 5) is 18.0. The molecule has 4 nitrogen and oxygen atoms in total. The van der Waals surface area contributed by atoms with Gasteiger partial charge >= 0.3 is 0 Å². The largest absolute Gasteiger partial charge is 0.378 e. The summed E-state index contributed by atoms with van der Waals surface area (Å²) in [5.41, 5.74) is 4.04. The van der Waals surface area contributed by atoms with Crippen LogP contribution >= 0.6 is 0 Å². The Balaban J connectivity index is 2.08. The lowest BCUT2D eigenvalue weighted by atomic mass is 9.99. The molecule has 3 rings (SSSR count). The van der Waals surface area contributed by atoms with Gasteiger partial charge < -0.3 is 9.64 Å². The van der Waals surface area contributed by atoms with E-state index in [9.17, 15) is 4.79 Å². The Morgan fingerprint density at radius 3 is 2.52 bits per heavy atom. The lowest BCUT2D eigenvalue weighted by molar-refractivity contribution is 0.101. The average Bonchev–Trinajstić information content (AvgIpc) is 2.56. The Bertz CT molecular complexity index is 634. The van der Waals surface area contributed by atoms with Crippen LogP contribution in [0, 0.1) is 0 Å². The van der Waals surface area contributed by atoms with Gasteiger partial charge in [-0.25, -0.2) is 0 Å². The first-order valence-electron chi connectivity index (χ1n) is 7.14. The summed E-state index contributed by atoms with van der Waals surface area (Å²) in [6, 6.07) is 9.87. The van der Waals surface area contributed by atoms with Gasteiger partial charge in [-0.05, 0) is 42.8 Å². The van der Waals surface area contributed by atoms with Crippen LogP contribution in [0.5, 0.6) is 0 Å². The highest BCUT2D eigenvalue weighted by atomic mass is 16.5. The van der Waals surface area contributed by atoms with E-state index in [1.807, 2.05) is 30.3 Å². The zero-order valence-electron chi connectivity index (χ0n) is 12.1. The number of morpholine rings is 1. The van der Waals surface area contributed by atoms with Crippen molar-refractivity contribution in [2.75, 3.05) is 31.2 Å². The molecular weight excluding hydrogens is 264 g/mol. The van der Waals surface area contributed by atoms with Crippen LogP contribution in [0.1, 0.15) is 17.3 Å². The third-order valence-corrected chi connectivity index (χ3v) is 3.75. The fourth-order valence-corrected chi connectivity index (χ4v) is 2.60. The summed E-state index contributed by atoms with van der Waals surface area (Å²) < 4.78 is 5.42. The van der Waals surface area contributed by atoms with Crippen molar-refractivity contribution >= 4 is 11.5 Å². The van der Waals surface area contributed by atoms with Gasteiger partial charge in [0.1, 0.15) is 0 Å². The molecule has 21 heavy (non-hydrogen) atoms. The fourth-order valence-electron chi connectivity index (χ4n) is 2.60. The molecular formula is C17H18N2O2. The van der Waals surface area contributed by atoms with E-state index in [4.69, 9.17) is 4.74 Å². The molecule has 4 heteroatoms. The molecule has 0 radical (unpaired) electrons. The molecule has 1 aromatic heterocycles. The number of carbonyl (C=O) groups excluding carboxylic acids is 1. The molecule has 108 valence electrons. The zero-order chi connectivity index (χ0) is 14.7. The van der Waals surface area contributed by atoms with Crippen molar-refractivity contribution in [1.82, 2.24) is 4.98 Å². The van der Waals surface area contributed by atoms with E-state index >= 15 is 0 Å². The molecule has 0 amide bonds. The van der Waals surface area contributed by atoms with Crippen LogP contribution in [0.3, 0.4) is 0 Å². The number of hydrogen-bond donors (Lipinski definition) is 0. The smallest absolute Gasteiger partial charge is 0.159 e. The van der Waals surface area contributed by atoms with Crippen LogP contribution in [0.15, 0.2) is 42.7 Å². The van der Waals surface area contributed by atoms with Crippen LogP contribution in [0.2, 0.25) is 0 Å². The highest BCUT2D eigenvalue weighted by Gasteiger charge is 2.16. The highest BCUT2D eigenvalue weighted by Crippen LogP contribution is 2.32. The first-order chi connectivity index (χ1) is 10.3. The maximum Gasteiger partial charge on any atom is 0.159 e. The predicted molar refractivity (Wildman–Crippen MR) is 82.7 cm³/mol. The normalized spacial score (nSPS) is 15.0. The third kappa shape index (κ3) is 2.95. The summed E-state index contributed by atoms with van der Waals surface area (Å²) >= 11 is 0. The van der Waals surface area contributed by atoms with Gasteiger partial charge in [-0.2, -0.15) is 0 Å². The maximum absolute atomic E-state index is 11.7. The number of aromatic nitrogens is 1. The van der Waals surface area contributed by atoms with Crippen LogP contribution in [0.4, 0.5) is 5.69 Å². The number of ketones is 1. The molecule has 0 N–H and O–H groups in total. The predicted octanol–water partition coefficient (Wildman–Crippen LogP) is 2.79. The van der Waals surface area contributed by atoms with Gasteiger partial charge in [0, 0.05) is 42.3 Å². The van der Waals surface area contributed by atoms with Gasteiger partial charge in [0.15, 0.2) is 5.78 Å². The van der Waals surface area contributed by atoms with Gasteiger partial charge in [-0.15, -0.1) is 0 Å². The van der Waals surface area contributed by atoms with Crippen molar-refractivity contribution in [2.24, 2.45) is 0 Å².